The van der Waals surface area contributed by atoms with Crippen LogP contribution in [-0.4, -0.2) is 64.5 Å². The number of hydrogen-bond acceptors (Lipinski definition) is 6. The van der Waals surface area contributed by atoms with Gasteiger partial charge in [0.1, 0.15) is 5.60 Å². The number of aryl methyl sites for hydroxylation is 1. The summed E-state index contributed by atoms with van der Waals surface area (Å²) in [6, 6.07) is 5.64. The van der Waals surface area contributed by atoms with E-state index in [2.05, 4.69) is 23.0 Å². The Morgan fingerprint density at radius 3 is 2.24 bits per heavy atom. The highest BCUT2D eigenvalue weighted by atomic mass is 19.4. The minimum Gasteiger partial charge on any atom is -0.444 e. The van der Waals surface area contributed by atoms with Gasteiger partial charge in [-0.05, 0) is 66.5 Å². The molecule has 1 amide bonds. The van der Waals surface area contributed by atoms with Gasteiger partial charge in [0.2, 0.25) is 0 Å². The summed E-state index contributed by atoms with van der Waals surface area (Å²) in [7, 11) is 0. The van der Waals surface area contributed by atoms with Crippen molar-refractivity contribution in [1.29, 1.82) is 5.26 Å². The van der Waals surface area contributed by atoms with Crippen LogP contribution in [0, 0.1) is 11.3 Å². The van der Waals surface area contributed by atoms with E-state index in [1.807, 2.05) is 17.9 Å². The first-order valence-corrected chi connectivity index (χ1v) is 13.9. The van der Waals surface area contributed by atoms with Crippen LogP contribution in [0.3, 0.4) is 0 Å². The van der Waals surface area contributed by atoms with E-state index in [1.165, 1.54) is 13.1 Å². The Balaban J connectivity index is 0.000000634. The number of carbonyl (C=O) groups is 1. The summed E-state index contributed by atoms with van der Waals surface area (Å²) in [4.78, 5) is 24.1. The van der Waals surface area contributed by atoms with E-state index in [-0.39, 0.29) is 5.57 Å². The molecule has 2 rings (SSSR count). The van der Waals surface area contributed by atoms with Crippen LogP contribution in [0.15, 0.2) is 58.5 Å². The number of nitrogens with zero attached hydrogens (tertiary/aromatic N) is 5. The minimum absolute atomic E-state index is 0.0801. The molecule has 0 bridgehead atoms. The van der Waals surface area contributed by atoms with Crippen molar-refractivity contribution in [2.45, 2.75) is 86.4 Å². The number of rotatable bonds is 7. The summed E-state index contributed by atoms with van der Waals surface area (Å²) in [6.07, 6.45) is 3.97. The summed E-state index contributed by atoms with van der Waals surface area (Å²) in [5.41, 5.74) is 1.28. The van der Waals surface area contributed by atoms with Crippen molar-refractivity contribution >= 4 is 11.8 Å². The number of nitriles is 1. The van der Waals surface area contributed by atoms with E-state index in [0.29, 0.717) is 43.2 Å². The van der Waals surface area contributed by atoms with E-state index in [4.69, 9.17) is 10.00 Å². The molecule has 1 aromatic rings. The first-order chi connectivity index (χ1) is 19.2. The summed E-state index contributed by atoms with van der Waals surface area (Å²) in [5.74, 6) is 0. The van der Waals surface area contributed by atoms with Crippen molar-refractivity contribution < 1.29 is 22.7 Å². The van der Waals surface area contributed by atoms with Crippen molar-refractivity contribution in [2.24, 2.45) is 4.99 Å². The maximum absolute atomic E-state index is 13.7. The molecule has 7 nitrogen and oxygen atoms in total. The van der Waals surface area contributed by atoms with Gasteiger partial charge in [-0.25, -0.2) is 4.79 Å². The monoisotopic (exact) mass is 575 g/mol. The molecule has 0 atom stereocenters. The number of hydrogen-bond donors (Lipinski definition) is 0. The average molecular weight is 576 g/mol. The quantitative estimate of drug-likeness (QED) is 0.247. The van der Waals surface area contributed by atoms with Gasteiger partial charge in [0.05, 0.1) is 17.2 Å². The highest BCUT2D eigenvalue weighted by Gasteiger charge is 2.38. The molecule has 0 aliphatic carbocycles. The van der Waals surface area contributed by atoms with Gasteiger partial charge in [-0.3, -0.25) is 9.98 Å². The Morgan fingerprint density at radius 1 is 1.15 bits per heavy atom. The van der Waals surface area contributed by atoms with Gasteiger partial charge in [0.25, 0.3) is 0 Å². The molecule has 1 aromatic heterocycles. The molecule has 10 heteroatoms. The van der Waals surface area contributed by atoms with Crippen LogP contribution in [0.2, 0.25) is 0 Å². The van der Waals surface area contributed by atoms with Crippen molar-refractivity contribution in [1.82, 2.24) is 14.8 Å². The average Bonchev–Trinajstić information content (AvgIpc) is 2.90. The molecule has 0 unspecified atom stereocenters. The van der Waals surface area contributed by atoms with Crippen LogP contribution < -0.4 is 0 Å². The number of carbonyl (C=O) groups excluding carboxylic acids is 1. The predicted octanol–water partition coefficient (Wildman–Crippen LogP) is 7.61. The summed E-state index contributed by atoms with van der Waals surface area (Å²) >= 11 is 0. The lowest BCUT2D eigenvalue weighted by atomic mass is 9.98. The third-order valence-electron chi connectivity index (χ3n) is 6.05. The van der Waals surface area contributed by atoms with Crippen LogP contribution in [0.5, 0.6) is 0 Å². The number of allylic oxidation sites excluding steroid dienone is 5. The lowest BCUT2D eigenvalue weighted by Gasteiger charge is -2.38. The number of pyridine rings is 1. The Bertz CT molecular complexity index is 1160. The topological polar surface area (TPSA) is 81.8 Å². The lowest BCUT2D eigenvalue weighted by Crippen LogP contribution is -2.49. The number of aliphatic imine (C=N–C) groups is 1. The first-order valence-electron chi connectivity index (χ1n) is 13.9. The second-order valence-electron chi connectivity index (χ2n) is 10.5. The number of amides is 1. The highest BCUT2D eigenvalue weighted by molar-refractivity contribution is 6.03. The number of alkyl halides is 3. The fourth-order valence-electron chi connectivity index (χ4n) is 4.09. The van der Waals surface area contributed by atoms with Gasteiger partial charge in [-0.2, -0.15) is 18.4 Å². The molecular formula is C31H44F3N5O2. The molecule has 0 spiro atoms. The lowest BCUT2D eigenvalue weighted by molar-refractivity contribution is -0.0891. The first kappa shape index (κ1) is 35.4. The maximum atomic E-state index is 13.7. The molecule has 1 saturated heterocycles. The Kier molecular flexibility index (Phi) is 14.3. The minimum atomic E-state index is -4.49. The van der Waals surface area contributed by atoms with E-state index >= 15 is 0 Å². The van der Waals surface area contributed by atoms with Crippen LogP contribution in [-0.2, 0) is 11.2 Å². The molecule has 0 radical (unpaired) electrons. The molecular weight excluding hydrogens is 531 g/mol. The van der Waals surface area contributed by atoms with Crippen LogP contribution in [0.4, 0.5) is 18.0 Å². The summed E-state index contributed by atoms with van der Waals surface area (Å²) < 4.78 is 46.5. The van der Waals surface area contributed by atoms with Crippen molar-refractivity contribution in [3.63, 3.8) is 0 Å². The van der Waals surface area contributed by atoms with E-state index < -0.39 is 23.4 Å². The zero-order valence-corrected chi connectivity index (χ0v) is 25.6. The van der Waals surface area contributed by atoms with Crippen LogP contribution >= 0.6 is 0 Å². The van der Waals surface area contributed by atoms with Crippen molar-refractivity contribution in [2.75, 3.05) is 26.2 Å². The predicted molar refractivity (Wildman–Crippen MR) is 157 cm³/mol. The van der Waals surface area contributed by atoms with Gasteiger partial charge < -0.3 is 14.5 Å². The second-order valence-corrected chi connectivity index (χ2v) is 10.5. The van der Waals surface area contributed by atoms with Crippen LogP contribution in [0.25, 0.3) is 0 Å². The molecule has 226 valence electrons. The van der Waals surface area contributed by atoms with Gasteiger partial charge >= 0.3 is 12.3 Å². The number of piperazine rings is 1. The zero-order valence-electron chi connectivity index (χ0n) is 25.6. The van der Waals surface area contributed by atoms with Gasteiger partial charge in [0, 0.05) is 61.3 Å². The van der Waals surface area contributed by atoms with Crippen molar-refractivity contribution in [3.05, 3.63) is 64.8 Å². The largest absolute Gasteiger partial charge is 0.444 e. The smallest absolute Gasteiger partial charge is 0.416 e. The Hall–Kier alpha value is -3.61. The Morgan fingerprint density at radius 2 is 1.76 bits per heavy atom. The second kappa shape index (κ2) is 16.6. The van der Waals surface area contributed by atoms with Crippen LogP contribution in [0.1, 0.15) is 79.5 Å². The molecule has 0 saturated carbocycles. The van der Waals surface area contributed by atoms with Gasteiger partial charge in [0.15, 0.2) is 0 Å². The molecule has 2 heterocycles. The molecule has 1 aliphatic heterocycles. The van der Waals surface area contributed by atoms with E-state index in [0.717, 1.165) is 31.0 Å². The van der Waals surface area contributed by atoms with Gasteiger partial charge in [-0.1, -0.05) is 32.4 Å². The number of ether oxygens (including phenoxy) is 1. The molecule has 0 N–H and O–H groups in total. The van der Waals surface area contributed by atoms with Gasteiger partial charge in [-0.15, -0.1) is 0 Å². The standard InChI is InChI=1S/C22H34F3N3O2.C9H10N2/c1-8-10-11-26-16(3)19(18(9-2)22(23,24)25)17(4)27-12-14-28(15-13-27)20(29)30-21(5,6)7;1-2-3-9-6-8(7-10)4-5-11-9/h9-11H,8,12-15H2,1-7H3;4-6H,2-3H2,1H3/b11-10+,18-9+,19-17-,26-16+;. The van der Waals surface area contributed by atoms with Crippen molar-refractivity contribution in [3.8, 4) is 6.07 Å². The third-order valence-corrected chi connectivity index (χ3v) is 6.05. The number of aromatic nitrogens is 1. The summed E-state index contributed by atoms with van der Waals surface area (Å²) in [6.45, 7) is 15.7. The van der Waals surface area contributed by atoms with E-state index in [1.54, 1.807) is 57.9 Å². The van der Waals surface area contributed by atoms with E-state index in [9.17, 15) is 18.0 Å². The molecule has 41 heavy (non-hydrogen) atoms. The molecule has 1 fully saturated rings. The zero-order chi connectivity index (χ0) is 31.2. The maximum Gasteiger partial charge on any atom is 0.416 e. The molecule has 1 aliphatic rings. The summed E-state index contributed by atoms with van der Waals surface area (Å²) in [5, 5.41) is 8.55. The fourth-order valence-corrected chi connectivity index (χ4v) is 4.09. The molecule has 0 aromatic carbocycles. The normalized spacial score (nSPS) is 15.7. The fraction of sp³-hybridized carbons (Fsp3) is 0.548. The SMILES string of the molecule is CCCc1cc(C#N)ccn1.C\C=C(C(/C(C)=N/C=C/CC)=C(/C)N1CCN(C(=O)OC(C)(C)C)CC1)\C(F)(F)F. The number of halogens is 3. The highest BCUT2D eigenvalue weighted by Crippen LogP contribution is 2.34. The Labute approximate surface area is 243 Å². The third kappa shape index (κ3) is 12.2.